The Bertz CT molecular complexity index is 682. The number of aromatic nitrogens is 1. The van der Waals surface area contributed by atoms with E-state index in [0.717, 1.165) is 18.8 Å². The first-order valence-electron chi connectivity index (χ1n) is 7.87. The summed E-state index contributed by atoms with van der Waals surface area (Å²) in [6.45, 7) is 5.95. The lowest BCUT2D eigenvalue weighted by Gasteiger charge is -2.20. The Hall–Kier alpha value is -2.76. The Labute approximate surface area is 142 Å². The number of amides is 1. The second-order valence-corrected chi connectivity index (χ2v) is 5.09. The summed E-state index contributed by atoms with van der Waals surface area (Å²) >= 11 is 0. The van der Waals surface area contributed by atoms with E-state index in [1.54, 1.807) is 44.7 Å². The first kappa shape index (κ1) is 17.6. The number of carbonyl (C=O) groups is 1. The van der Waals surface area contributed by atoms with E-state index in [-0.39, 0.29) is 5.91 Å². The number of hydrogen-bond acceptors (Lipinski definition) is 5. The highest BCUT2D eigenvalue weighted by molar-refractivity contribution is 6.03. The molecule has 0 saturated heterocycles. The number of anilines is 2. The van der Waals surface area contributed by atoms with Gasteiger partial charge in [0.05, 0.1) is 31.8 Å². The van der Waals surface area contributed by atoms with Gasteiger partial charge in [0, 0.05) is 19.2 Å². The van der Waals surface area contributed by atoms with Crippen molar-refractivity contribution in [3.63, 3.8) is 0 Å². The minimum atomic E-state index is -0.298. The standard InChI is InChI=1S/C18H23N3O3/c1-5-21(6-2)13-7-9-15(19-12-13)18(22)20-16-11-14(23-3)8-10-17(16)24-4/h7-12H,5-6H2,1-4H3,(H,20,22). The molecule has 0 aliphatic heterocycles. The zero-order valence-electron chi connectivity index (χ0n) is 14.5. The van der Waals surface area contributed by atoms with E-state index >= 15 is 0 Å². The molecule has 6 nitrogen and oxygen atoms in total. The number of nitrogens with zero attached hydrogens (tertiary/aromatic N) is 2. The number of rotatable bonds is 7. The van der Waals surface area contributed by atoms with Crippen LogP contribution in [0.15, 0.2) is 36.5 Å². The lowest BCUT2D eigenvalue weighted by molar-refractivity contribution is 0.102. The molecular weight excluding hydrogens is 306 g/mol. The van der Waals surface area contributed by atoms with Gasteiger partial charge in [0.2, 0.25) is 0 Å². The largest absolute Gasteiger partial charge is 0.497 e. The van der Waals surface area contributed by atoms with E-state index in [2.05, 4.69) is 29.0 Å². The summed E-state index contributed by atoms with van der Waals surface area (Å²) in [7, 11) is 3.12. The summed E-state index contributed by atoms with van der Waals surface area (Å²) in [5, 5.41) is 2.81. The van der Waals surface area contributed by atoms with Crippen molar-refractivity contribution in [2.24, 2.45) is 0 Å². The highest BCUT2D eigenvalue weighted by Crippen LogP contribution is 2.29. The fraction of sp³-hybridized carbons (Fsp3) is 0.333. The number of hydrogen-bond donors (Lipinski definition) is 1. The van der Waals surface area contributed by atoms with Gasteiger partial charge >= 0.3 is 0 Å². The molecule has 0 spiro atoms. The molecule has 128 valence electrons. The van der Waals surface area contributed by atoms with Crippen LogP contribution < -0.4 is 19.7 Å². The van der Waals surface area contributed by atoms with Gasteiger partial charge in [-0.3, -0.25) is 4.79 Å². The van der Waals surface area contributed by atoms with Crippen molar-refractivity contribution < 1.29 is 14.3 Å². The van der Waals surface area contributed by atoms with Gasteiger partial charge in [0.1, 0.15) is 17.2 Å². The third-order valence-corrected chi connectivity index (χ3v) is 3.76. The SMILES string of the molecule is CCN(CC)c1ccc(C(=O)Nc2cc(OC)ccc2OC)nc1. The zero-order valence-corrected chi connectivity index (χ0v) is 14.5. The Morgan fingerprint density at radius 1 is 1.12 bits per heavy atom. The van der Waals surface area contributed by atoms with Crippen molar-refractivity contribution in [2.45, 2.75) is 13.8 Å². The molecule has 1 N–H and O–H groups in total. The van der Waals surface area contributed by atoms with Crippen molar-refractivity contribution in [1.29, 1.82) is 0 Å². The van der Waals surface area contributed by atoms with Crippen LogP contribution in [-0.2, 0) is 0 Å². The molecule has 1 amide bonds. The van der Waals surface area contributed by atoms with Gasteiger partial charge < -0.3 is 19.7 Å². The molecule has 1 heterocycles. The van der Waals surface area contributed by atoms with Crippen molar-refractivity contribution in [2.75, 3.05) is 37.5 Å². The second kappa shape index (κ2) is 8.19. The fourth-order valence-electron chi connectivity index (χ4n) is 2.39. The minimum absolute atomic E-state index is 0.298. The smallest absolute Gasteiger partial charge is 0.274 e. The quantitative estimate of drug-likeness (QED) is 0.845. The summed E-state index contributed by atoms with van der Waals surface area (Å²) in [6.07, 6.45) is 1.71. The maximum absolute atomic E-state index is 12.4. The number of pyridine rings is 1. The lowest BCUT2D eigenvalue weighted by Crippen LogP contribution is -2.22. The summed E-state index contributed by atoms with van der Waals surface area (Å²) in [5.74, 6) is 0.896. The van der Waals surface area contributed by atoms with Crippen LogP contribution in [0.1, 0.15) is 24.3 Å². The highest BCUT2D eigenvalue weighted by atomic mass is 16.5. The molecule has 0 aliphatic rings. The molecule has 2 rings (SSSR count). The van der Waals surface area contributed by atoms with Gasteiger partial charge in [-0.15, -0.1) is 0 Å². The van der Waals surface area contributed by atoms with E-state index in [1.165, 1.54) is 0 Å². The average molecular weight is 329 g/mol. The third-order valence-electron chi connectivity index (χ3n) is 3.76. The lowest BCUT2D eigenvalue weighted by atomic mass is 10.2. The average Bonchev–Trinajstić information content (AvgIpc) is 2.63. The van der Waals surface area contributed by atoms with E-state index in [0.29, 0.717) is 22.9 Å². The van der Waals surface area contributed by atoms with Crippen LogP contribution in [0.4, 0.5) is 11.4 Å². The molecule has 0 radical (unpaired) electrons. The van der Waals surface area contributed by atoms with Gasteiger partial charge in [-0.2, -0.15) is 0 Å². The Morgan fingerprint density at radius 3 is 2.42 bits per heavy atom. The van der Waals surface area contributed by atoms with Crippen LogP contribution in [0.5, 0.6) is 11.5 Å². The van der Waals surface area contributed by atoms with E-state index < -0.39 is 0 Å². The number of methoxy groups -OCH3 is 2. The molecule has 0 bridgehead atoms. The molecule has 6 heteroatoms. The second-order valence-electron chi connectivity index (χ2n) is 5.09. The molecule has 0 atom stereocenters. The van der Waals surface area contributed by atoms with E-state index in [1.807, 2.05) is 6.07 Å². The maximum atomic E-state index is 12.4. The maximum Gasteiger partial charge on any atom is 0.274 e. The Kier molecular flexibility index (Phi) is 6.01. The number of ether oxygens (including phenoxy) is 2. The monoisotopic (exact) mass is 329 g/mol. The summed E-state index contributed by atoms with van der Waals surface area (Å²) in [6, 6.07) is 8.84. The molecule has 1 aromatic carbocycles. The van der Waals surface area contributed by atoms with Crippen molar-refractivity contribution in [3.05, 3.63) is 42.2 Å². The third kappa shape index (κ3) is 3.95. The zero-order chi connectivity index (χ0) is 17.5. The predicted octanol–water partition coefficient (Wildman–Crippen LogP) is 3.20. The van der Waals surface area contributed by atoms with Crippen molar-refractivity contribution in [1.82, 2.24) is 4.98 Å². The highest BCUT2D eigenvalue weighted by Gasteiger charge is 2.13. The molecule has 1 aromatic heterocycles. The molecule has 0 saturated carbocycles. The van der Waals surface area contributed by atoms with E-state index in [4.69, 9.17) is 9.47 Å². The van der Waals surface area contributed by atoms with Gasteiger partial charge in [0.25, 0.3) is 5.91 Å². The predicted molar refractivity (Wildman–Crippen MR) is 95.3 cm³/mol. The Balaban J connectivity index is 2.18. The van der Waals surface area contributed by atoms with Crippen LogP contribution in [-0.4, -0.2) is 38.2 Å². The molecule has 0 aliphatic carbocycles. The van der Waals surface area contributed by atoms with Gasteiger partial charge in [0.15, 0.2) is 0 Å². The van der Waals surface area contributed by atoms with Crippen LogP contribution in [0.2, 0.25) is 0 Å². The van der Waals surface area contributed by atoms with Crippen LogP contribution in [0.25, 0.3) is 0 Å². The first-order chi connectivity index (χ1) is 11.6. The van der Waals surface area contributed by atoms with Crippen LogP contribution in [0, 0.1) is 0 Å². The van der Waals surface area contributed by atoms with Gasteiger partial charge in [-0.25, -0.2) is 4.98 Å². The molecule has 0 unspecified atom stereocenters. The molecule has 24 heavy (non-hydrogen) atoms. The summed E-state index contributed by atoms with van der Waals surface area (Å²) < 4.78 is 10.4. The molecule has 2 aromatic rings. The first-order valence-corrected chi connectivity index (χ1v) is 7.87. The Morgan fingerprint density at radius 2 is 1.88 bits per heavy atom. The topological polar surface area (TPSA) is 63.7 Å². The number of nitrogens with one attached hydrogen (secondary N) is 1. The summed E-state index contributed by atoms with van der Waals surface area (Å²) in [4.78, 5) is 18.8. The van der Waals surface area contributed by atoms with Gasteiger partial charge in [-0.05, 0) is 38.1 Å². The van der Waals surface area contributed by atoms with Crippen molar-refractivity contribution in [3.8, 4) is 11.5 Å². The molecular formula is C18H23N3O3. The van der Waals surface area contributed by atoms with Gasteiger partial charge in [-0.1, -0.05) is 0 Å². The fourth-order valence-corrected chi connectivity index (χ4v) is 2.39. The van der Waals surface area contributed by atoms with Crippen LogP contribution in [0.3, 0.4) is 0 Å². The van der Waals surface area contributed by atoms with E-state index in [9.17, 15) is 4.79 Å². The summed E-state index contributed by atoms with van der Waals surface area (Å²) in [5.41, 5.74) is 1.88. The minimum Gasteiger partial charge on any atom is -0.497 e. The number of benzene rings is 1. The normalized spacial score (nSPS) is 10.2. The number of carbonyl (C=O) groups excluding carboxylic acids is 1. The molecule has 0 fully saturated rings. The van der Waals surface area contributed by atoms with Crippen molar-refractivity contribution >= 4 is 17.3 Å². The van der Waals surface area contributed by atoms with Crippen LogP contribution >= 0.6 is 0 Å².